The minimum absolute atomic E-state index is 0.681. The molecule has 0 unspecified atom stereocenters. The van der Waals surface area contributed by atoms with Crippen molar-refractivity contribution in [2.24, 2.45) is 0 Å². The third-order valence-corrected chi connectivity index (χ3v) is 2.17. The van der Waals surface area contributed by atoms with Crippen LogP contribution in [0.5, 0.6) is 0 Å². The van der Waals surface area contributed by atoms with Gasteiger partial charge >= 0.3 is 0 Å². The molecular formula is C11H23N. The average molecular weight is 169 g/mol. The third-order valence-electron chi connectivity index (χ3n) is 2.17. The first-order valence-electron chi connectivity index (χ1n) is 5.03. The van der Waals surface area contributed by atoms with Crippen LogP contribution in [0.2, 0.25) is 0 Å². The lowest BCUT2D eigenvalue weighted by molar-refractivity contribution is 0.271. The molecule has 0 N–H and O–H groups in total. The maximum absolute atomic E-state index is 2.39. The van der Waals surface area contributed by atoms with Gasteiger partial charge in [-0.05, 0) is 46.7 Å². The van der Waals surface area contributed by atoms with Crippen LogP contribution in [-0.2, 0) is 0 Å². The lowest BCUT2D eigenvalue weighted by atomic mass is 10.2. The van der Waals surface area contributed by atoms with E-state index in [1.807, 2.05) is 0 Å². The first kappa shape index (κ1) is 11.7. The summed E-state index contributed by atoms with van der Waals surface area (Å²) in [7, 11) is 2.19. The highest BCUT2D eigenvalue weighted by Crippen LogP contribution is 1.98. The Hall–Kier alpha value is -0.300. The summed E-state index contributed by atoms with van der Waals surface area (Å²) in [4.78, 5) is 2.39. The third kappa shape index (κ3) is 6.41. The summed E-state index contributed by atoms with van der Waals surface area (Å²) in [6, 6.07) is 0.681. The summed E-state index contributed by atoms with van der Waals surface area (Å²) in [5.41, 5.74) is 0. The molecule has 0 saturated heterocycles. The van der Waals surface area contributed by atoms with Gasteiger partial charge in [-0.15, -0.1) is 0 Å². The molecule has 12 heavy (non-hydrogen) atoms. The van der Waals surface area contributed by atoms with Gasteiger partial charge in [0.2, 0.25) is 0 Å². The van der Waals surface area contributed by atoms with Crippen molar-refractivity contribution in [2.75, 3.05) is 13.6 Å². The molecular weight excluding hydrogens is 146 g/mol. The normalized spacial score (nSPS) is 12.2. The van der Waals surface area contributed by atoms with Gasteiger partial charge in [0.1, 0.15) is 0 Å². The second kappa shape index (κ2) is 7.35. The van der Waals surface area contributed by atoms with E-state index in [-0.39, 0.29) is 0 Å². The Morgan fingerprint density at radius 2 is 1.92 bits per heavy atom. The predicted molar refractivity (Wildman–Crippen MR) is 56.4 cm³/mol. The highest BCUT2D eigenvalue weighted by molar-refractivity contribution is 4.80. The van der Waals surface area contributed by atoms with Gasteiger partial charge in [-0.3, -0.25) is 0 Å². The summed E-state index contributed by atoms with van der Waals surface area (Å²) in [5, 5.41) is 0. The van der Waals surface area contributed by atoms with E-state index in [9.17, 15) is 0 Å². The number of hydrogen-bond acceptors (Lipinski definition) is 1. The predicted octanol–water partition coefficient (Wildman–Crippen LogP) is 3.07. The molecule has 0 aromatic rings. The highest BCUT2D eigenvalue weighted by atomic mass is 15.1. The van der Waals surface area contributed by atoms with Gasteiger partial charge in [0, 0.05) is 6.04 Å². The maximum atomic E-state index is 2.39. The van der Waals surface area contributed by atoms with Crippen molar-refractivity contribution in [2.45, 2.75) is 46.1 Å². The molecule has 0 amide bonds. The summed E-state index contributed by atoms with van der Waals surface area (Å²) in [6.07, 6.45) is 8.21. The van der Waals surface area contributed by atoms with E-state index in [1.165, 1.54) is 25.8 Å². The van der Waals surface area contributed by atoms with E-state index in [4.69, 9.17) is 0 Å². The second-order valence-electron chi connectivity index (χ2n) is 3.60. The van der Waals surface area contributed by atoms with Crippen LogP contribution in [0.3, 0.4) is 0 Å². The van der Waals surface area contributed by atoms with Crippen LogP contribution < -0.4 is 0 Å². The standard InChI is InChI=1S/C11H23N/c1-5-6-7-8-9-10-12(4)11(2)3/h6-7,11H,5,8-10H2,1-4H3. The molecule has 0 radical (unpaired) electrons. The Labute approximate surface area is 77.5 Å². The SMILES string of the molecule is CCC=CCCCN(C)C(C)C. The topological polar surface area (TPSA) is 3.24 Å². The fraction of sp³-hybridized carbons (Fsp3) is 0.818. The van der Waals surface area contributed by atoms with Crippen molar-refractivity contribution in [3.63, 3.8) is 0 Å². The molecule has 0 aromatic carbocycles. The van der Waals surface area contributed by atoms with Gasteiger partial charge in [0.15, 0.2) is 0 Å². The van der Waals surface area contributed by atoms with Crippen LogP contribution in [0.4, 0.5) is 0 Å². The highest BCUT2D eigenvalue weighted by Gasteiger charge is 2.00. The van der Waals surface area contributed by atoms with Crippen molar-refractivity contribution >= 4 is 0 Å². The van der Waals surface area contributed by atoms with Crippen molar-refractivity contribution in [3.8, 4) is 0 Å². The number of rotatable bonds is 6. The van der Waals surface area contributed by atoms with Crippen LogP contribution in [0, 0.1) is 0 Å². The van der Waals surface area contributed by atoms with E-state index in [0.717, 1.165) is 0 Å². The first-order valence-corrected chi connectivity index (χ1v) is 5.03. The summed E-state index contributed by atoms with van der Waals surface area (Å²) >= 11 is 0. The second-order valence-corrected chi connectivity index (χ2v) is 3.60. The fourth-order valence-electron chi connectivity index (χ4n) is 1.00. The zero-order chi connectivity index (χ0) is 9.40. The zero-order valence-electron chi connectivity index (χ0n) is 9.01. The van der Waals surface area contributed by atoms with Crippen molar-refractivity contribution < 1.29 is 0 Å². The average Bonchev–Trinajstić information content (AvgIpc) is 2.03. The monoisotopic (exact) mass is 169 g/mol. The van der Waals surface area contributed by atoms with Crippen LogP contribution in [0.15, 0.2) is 12.2 Å². The van der Waals surface area contributed by atoms with Crippen LogP contribution in [-0.4, -0.2) is 24.5 Å². The van der Waals surface area contributed by atoms with E-state index in [0.29, 0.717) is 6.04 Å². The Kier molecular flexibility index (Phi) is 7.17. The molecule has 1 nitrogen and oxygen atoms in total. The molecule has 0 bridgehead atoms. The fourth-order valence-corrected chi connectivity index (χ4v) is 1.00. The zero-order valence-corrected chi connectivity index (χ0v) is 9.01. The van der Waals surface area contributed by atoms with E-state index >= 15 is 0 Å². The minimum atomic E-state index is 0.681. The Morgan fingerprint density at radius 3 is 2.42 bits per heavy atom. The van der Waals surface area contributed by atoms with Crippen molar-refractivity contribution in [1.29, 1.82) is 0 Å². The molecule has 0 aromatic heterocycles. The molecule has 0 fully saturated rings. The van der Waals surface area contributed by atoms with Crippen LogP contribution >= 0.6 is 0 Å². The Morgan fingerprint density at radius 1 is 1.25 bits per heavy atom. The smallest absolute Gasteiger partial charge is 0.00355 e. The molecule has 72 valence electrons. The maximum Gasteiger partial charge on any atom is 0.00355 e. The van der Waals surface area contributed by atoms with Crippen molar-refractivity contribution in [1.82, 2.24) is 4.90 Å². The summed E-state index contributed by atoms with van der Waals surface area (Å²) in [6.45, 7) is 7.87. The Balaban J connectivity index is 3.25. The minimum Gasteiger partial charge on any atom is -0.304 e. The molecule has 0 aliphatic heterocycles. The van der Waals surface area contributed by atoms with E-state index < -0.39 is 0 Å². The van der Waals surface area contributed by atoms with Gasteiger partial charge < -0.3 is 4.90 Å². The summed E-state index contributed by atoms with van der Waals surface area (Å²) in [5.74, 6) is 0. The molecule has 0 heterocycles. The Bertz CT molecular complexity index is 116. The molecule has 0 aliphatic rings. The van der Waals surface area contributed by atoms with Crippen LogP contribution in [0.1, 0.15) is 40.0 Å². The number of unbranched alkanes of at least 4 members (excludes halogenated alkanes) is 1. The summed E-state index contributed by atoms with van der Waals surface area (Å²) < 4.78 is 0. The molecule has 1 heteroatoms. The largest absolute Gasteiger partial charge is 0.304 e. The van der Waals surface area contributed by atoms with E-state index in [1.54, 1.807) is 0 Å². The molecule has 0 rings (SSSR count). The van der Waals surface area contributed by atoms with Gasteiger partial charge in [-0.1, -0.05) is 19.1 Å². The quantitative estimate of drug-likeness (QED) is 0.436. The molecule has 0 aliphatic carbocycles. The van der Waals surface area contributed by atoms with Gasteiger partial charge in [-0.2, -0.15) is 0 Å². The lowest BCUT2D eigenvalue weighted by Gasteiger charge is -2.20. The molecule has 0 spiro atoms. The van der Waals surface area contributed by atoms with Crippen molar-refractivity contribution in [3.05, 3.63) is 12.2 Å². The van der Waals surface area contributed by atoms with Gasteiger partial charge in [-0.25, -0.2) is 0 Å². The van der Waals surface area contributed by atoms with Gasteiger partial charge in [0.05, 0.1) is 0 Å². The number of hydrogen-bond donors (Lipinski definition) is 0. The van der Waals surface area contributed by atoms with Gasteiger partial charge in [0.25, 0.3) is 0 Å². The molecule has 0 atom stereocenters. The lowest BCUT2D eigenvalue weighted by Crippen LogP contribution is -2.27. The first-order chi connectivity index (χ1) is 5.68. The molecule has 0 saturated carbocycles. The number of nitrogens with zero attached hydrogens (tertiary/aromatic N) is 1. The number of allylic oxidation sites excluding steroid dienone is 2. The van der Waals surface area contributed by atoms with Crippen LogP contribution in [0.25, 0.3) is 0 Å². The van der Waals surface area contributed by atoms with E-state index in [2.05, 4.69) is 44.9 Å².